The van der Waals surface area contributed by atoms with Crippen molar-refractivity contribution in [3.63, 3.8) is 0 Å². The van der Waals surface area contributed by atoms with Gasteiger partial charge in [0.25, 0.3) is 0 Å². The minimum absolute atomic E-state index is 0.0136. The number of hydrogen-bond acceptors (Lipinski definition) is 3. The van der Waals surface area contributed by atoms with E-state index in [1.54, 1.807) is 0 Å². The molecule has 0 aromatic heterocycles. The second-order valence-electron chi connectivity index (χ2n) is 2.08. The van der Waals surface area contributed by atoms with E-state index < -0.39 is 9.24 Å². The summed E-state index contributed by atoms with van der Waals surface area (Å²) in [6.45, 7) is 2.49. The number of ether oxygens (including phenoxy) is 1. The van der Waals surface area contributed by atoms with Crippen LogP contribution in [0.15, 0.2) is 0 Å². The van der Waals surface area contributed by atoms with Crippen molar-refractivity contribution in [2.75, 3.05) is 20.4 Å². The molecular weight excluding hydrogens is 190 g/mol. The summed E-state index contributed by atoms with van der Waals surface area (Å²) in [7, 11) is 2.74. The Morgan fingerprint density at radius 2 is 2.09 bits per heavy atom. The minimum Gasteiger partial charge on any atom is -0.365 e. The van der Waals surface area contributed by atoms with Crippen LogP contribution in [-0.2, 0) is 14.0 Å². The Hall–Kier alpha value is 0.160. The van der Waals surface area contributed by atoms with Crippen LogP contribution >= 0.6 is 10.7 Å². The Morgan fingerprint density at radius 1 is 1.55 bits per heavy atom. The van der Waals surface area contributed by atoms with Gasteiger partial charge < -0.3 is 4.74 Å². The zero-order valence-corrected chi connectivity index (χ0v) is 8.15. The monoisotopic (exact) mass is 201 g/mol. The minimum atomic E-state index is -3.60. The van der Waals surface area contributed by atoms with Crippen LogP contribution < -0.4 is 0 Å². The average Bonchev–Trinajstić information content (AvgIpc) is 1.86. The Balaban J connectivity index is 3.62. The van der Waals surface area contributed by atoms with E-state index in [1.807, 2.05) is 6.92 Å². The van der Waals surface area contributed by atoms with Crippen molar-refractivity contribution in [2.24, 2.45) is 0 Å². The van der Waals surface area contributed by atoms with E-state index in [1.165, 1.54) is 7.05 Å². The topological polar surface area (TPSA) is 46.6 Å². The smallest absolute Gasteiger partial charge is 0.301 e. The molecule has 0 aromatic carbocycles. The largest absolute Gasteiger partial charge is 0.365 e. The molecular formula is C5H12ClNO3S. The van der Waals surface area contributed by atoms with E-state index in [4.69, 9.17) is 15.4 Å². The van der Waals surface area contributed by atoms with E-state index in [0.29, 0.717) is 6.61 Å². The van der Waals surface area contributed by atoms with E-state index in [0.717, 1.165) is 10.7 Å². The van der Waals surface area contributed by atoms with Crippen LogP contribution in [0.25, 0.3) is 0 Å². The molecule has 0 heterocycles. The third-order valence-electron chi connectivity index (χ3n) is 0.994. The molecule has 0 N–H and O–H groups in total. The standard InChI is InChI=1S/C5H12ClNO3S/c1-3-4-10-5-7(2)11(6,8)9/h3-5H2,1-2H3. The second kappa shape index (κ2) is 4.92. The third kappa shape index (κ3) is 5.43. The van der Waals surface area contributed by atoms with Gasteiger partial charge >= 0.3 is 9.24 Å². The first-order valence-electron chi connectivity index (χ1n) is 3.22. The van der Waals surface area contributed by atoms with Gasteiger partial charge in [0.15, 0.2) is 0 Å². The van der Waals surface area contributed by atoms with Gasteiger partial charge in [-0.05, 0) is 6.42 Å². The van der Waals surface area contributed by atoms with Crippen molar-refractivity contribution >= 4 is 19.9 Å². The van der Waals surface area contributed by atoms with Gasteiger partial charge in [-0.1, -0.05) is 6.92 Å². The van der Waals surface area contributed by atoms with Crippen molar-refractivity contribution in [1.82, 2.24) is 4.31 Å². The van der Waals surface area contributed by atoms with Crippen LogP contribution in [0.5, 0.6) is 0 Å². The summed E-state index contributed by atoms with van der Waals surface area (Å²) in [5.41, 5.74) is 0. The van der Waals surface area contributed by atoms with Crippen LogP contribution in [0, 0.1) is 0 Å². The zero-order chi connectivity index (χ0) is 8.91. The molecule has 0 aliphatic heterocycles. The molecule has 0 unspecified atom stereocenters. The fourth-order valence-electron chi connectivity index (χ4n) is 0.400. The van der Waals surface area contributed by atoms with Gasteiger partial charge in [-0.15, -0.1) is 0 Å². The van der Waals surface area contributed by atoms with E-state index in [9.17, 15) is 8.42 Å². The fourth-order valence-corrected chi connectivity index (χ4v) is 0.720. The number of halogens is 1. The van der Waals surface area contributed by atoms with Gasteiger partial charge in [0.1, 0.15) is 6.73 Å². The summed E-state index contributed by atoms with van der Waals surface area (Å²) in [5, 5.41) is 0. The van der Waals surface area contributed by atoms with Gasteiger partial charge in [-0.3, -0.25) is 0 Å². The molecule has 0 amide bonds. The quantitative estimate of drug-likeness (QED) is 0.375. The molecule has 6 heteroatoms. The van der Waals surface area contributed by atoms with Crippen molar-refractivity contribution in [3.05, 3.63) is 0 Å². The Kier molecular flexibility index (Phi) is 4.99. The summed E-state index contributed by atoms with van der Waals surface area (Å²) < 4.78 is 26.9. The lowest BCUT2D eigenvalue weighted by Gasteiger charge is -2.11. The molecule has 68 valence electrons. The van der Waals surface area contributed by atoms with Crippen LogP contribution in [0.3, 0.4) is 0 Å². The molecule has 0 saturated carbocycles. The molecule has 0 rings (SSSR count). The van der Waals surface area contributed by atoms with E-state index in [-0.39, 0.29) is 6.73 Å². The molecule has 0 aliphatic carbocycles. The summed E-state index contributed by atoms with van der Waals surface area (Å²) in [6.07, 6.45) is 0.857. The van der Waals surface area contributed by atoms with Gasteiger partial charge in [-0.2, -0.15) is 12.7 Å². The molecule has 11 heavy (non-hydrogen) atoms. The highest BCUT2D eigenvalue weighted by molar-refractivity contribution is 8.11. The molecule has 0 radical (unpaired) electrons. The highest BCUT2D eigenvalue weighted by Gasteiger charge is 2.12. The fraction of sp³-hybridized carbons (Fsp3) is 1.00. The summed E-state index contributed by atoms with van der Waals surface area (Å²) >= 11 is 0. The lowest BCUT2D eigenvalue weighted by atomic mass is 10.5. The second-order valence-corrected chi connectivity index (χ2v) is 4.69. The van der Waals surface area contributed by atoms with Crippen LogP contribution in [0.4, 0.5) is 0 Å². The molecule has 0 saturated heterocycles. The predicted octanol–water partition coefficient (Wildman–Crippen LogP) is 0.786. The number of nitrogens with zero attached hydrogens (tertiary/aromatic N) is 1. The first-order chi connectivity index (χ1) is 4.98. The lowest BCUT2D eigenvalue weighted by Crippen LogP contribution is -2.25. The Bertz CT molecular complexity index is 192. The maximum Gasteiger partial charge on any atom is 0.301 e. The highest BCUT2D eigenvalue weighted by Crippen LogP contribution is 2.01. The van der Waals surface area contributed by atoms with E-state index in [2.05, 4.69) is 0 Å². The summed E-state index contributed by atoms with van der Waals surface area (Å²) in [6, 6.07) is 0. The van der Waals surface area contributed by atoms with Crippen LogP contribution in [0.1, 0.15) is 13.3 Å². The first kappa shape index (κ1) is 11.2. The van der Waals surface area contributed by atoms with Crippen molar-refractivity contribution in [1.29, 1.82) is 0 Å². The van der Waals surface area contributed by atoms with Gasteiger partial charge in [-0.25, -0.2) is 0 Å². The average molecular weight is 202 g/mol. The SMILES string of the molecule is CCCOCN(C)S(=O)(=O)Cl. The van der Waals surface area contributed by atoms with Gasteiger partial charge in [0, 0.05) is 24.3 Å². The lowest BCUT2D eigenvalue weighted by molar-refractivity contribution is 0.0827. The summed E-state index contributed by atoms with van der Waals surface area (Å²) in [4.78, 5) is 0. The van der Waals surface area contributed by atoms with Crippen molar-refractivity contribution < 1.29 is 13.2 Å². The molecule has 0 atom stereocenters. The zero-order valence-electron chi connectivity index (χ0n) is 6.58. The highest BCUT2D eigenvalue weighted by atomic mass is 35.7. The molecule has 0 bridgehead atoms. The van der Waals surface area contributed by atoms with Crippen molar-refractivity contribution in [3.8, 4) is 0 Å². The number of hydrogen-bond donors (Lipinski definition) is 0. The van der Waals surface area contributed by atoms with Gasteiger partial charge in [0.2, 0.25) is 0 Å². The van der Waals surface area contributed by atoms with Gasteiger partial charge in [0.05, 0.1) is 0 Å². The van der Waals surface area contributed by atoms with Crippen LogP contribution in [0.2, 0.25) is 0 Å². The molecule has 0 fully saturated rings. The number of rotatable bonds is 5. The Labute approximate surface area is 71.6 Å². The molecule has 0 aliphatic rings. The van der Waals surface area contributed by atoms with Crippen molar-refractivity contribution in [2.45, 2.75) is 13.3 Å². The molecule has 0 spiro atoms. The third-order valence-corrected chi connectivity index (χ3v) is 2.55. The van der Waals surface area contributed by atoms with Crippen LogP contribution in [-0.4, -0.2) is 33.1 Å². The van der Waals surface area contributed by atoms with E-state index >= 15 is 0 Å². The first-order valence-corrected chi connectivity index (χ1v) is 5.48. The molecule has 4 nitrogen and oxygen atoms in total. The molecule has 0 aromatic rings. The maximum atomic E-state index is 10.5. The Morgan fingerprint density at radius 3 is 2.45 bits per heavy atom. The predicted molar refractivity (Wildman–Crippen MR) is 43.6 cm³/mol. The normalized spacial score (nSPS) is 12.4. The maximum absolute atomic E-state index is 10.5. The summed E-state index contributed by atoms with van der Waals surface area (Å²) in [5.74, 6) is 0.